The Balaban J connectivity index is 2.74. The topological polar surface area (TPSA) is 55.1 Å². The van der Waals surface area contributed by atoms with Crippen molar-refractivity contribution in [1.29, 1.82) is 0 Å². The molecule has 1 saturated carbocycles. The zero-order valence-electron chi connectivity index (χ0n) is 10.7. The van der Waals surface area contributed by atoms with Crippen LogP contribution in [0.4, 0.5) is 0 Å². The van der Waals surface area contributed by atoms with Crippen LogP contribution < -0.4 is 11.1 Å². The first kappa shape index (κ1) is 13.8. The largest absolute Gasteiger partial charge is 0.368 e. The van der Waals surface area contributed by atoms with Crippen molar-refractivity contribution in [2.24, 2.45) is 11.7 Å². The Morgan fingerprint density at radius 2 is 2.00 bits per heavy atom. The highest BCUT2D eigenvalue weighted by Gasteiger charge is 2.49. The predicted molar refractivity (Wildman–Crippen MR) is 70.5 cm³/mol. The minimum Gasteiger partial charge on any atom is -0.368 e. The van der Waals surface area contributed by atoms with Crippen LogP contribution >= 0.6 is 11.8 Å². The van der Waals surface area contributed by atoms with Gasteiger partial charge in [-0.15, -0.1) is 0 Å². The number of nitrogens with one attached hydrogen (secondary N) is 1. The van der Waals surface area contributed by atoms with Gasteiger partial charge < -0.3 is 11.1 Å². The SMILES string of the molecule is CC(C)NC(CSC(C)C)(C(N)=O)C1CC1. The third-order valence-corrected chi connectivity index (χ3v) is 4.19. The molecule has 1 unspecified atom stereocenters. The summed E-state index contributed by atoms with van der Waals surface area (Å²) in [5, 5.41) is 3.95. The fourth-order valence-corrected chi connectivity index (χ4v) is 3.07. The third kappa shape index (κ3) is 3.39. The molecule has 0 aromatic heterocycles. The van der Waals surface area contributed by atoms with E-state index in [4.69, 9.17) is 5.73 Å². The van der Waals surface area contributed by atoms with Crippen molar-refractivity contribution >= 4 is 17.7 Å². The smallest absolute Gasteiger partial charge is 0.238 e. The standard InChI is InChI=1S/C12H24N2OS/c1-8(2)14-12(11(13)15,10-5-6-10)7-16-9(3)4/h8-10,14H,5-7H2,1-4H3,(H2,13,15). The van der Waals surface area contributed by atoms with Gasteiger partial charge in [0, 0.05) is 11.8 Å². The molecule has 1 atom stereocenters. The number of nitrogens with two attached hydrogens (primary N) is 1. The Kier molecular flexibility index (Phi) is 4.68. The van der Waals surface area contributed by atoms with E-state index in [0.29, 0.717) is 17.2 Å². The molecule has 1 fully saturated rings. The highest BCUT2D eigenvalue weighted by molar-refractivity contribution is 7.99. The van der Waals surface area contributed by atoms with Crippen LogP contribution in [-0.2, 0) is 4.79 Å². The van der Waals surface area contributed by atoms with Crippen LogP contribution in [0.2, 0.25) is 0 Å². The number of carbonyl (C=O) groups excluding carboxylic acids is 1. The maximum Gasteiger partial charge on any atom is 0.238 e. The second-order valence-electron chi connectivity index (χ2n) is 5.27. The van der Waals surface area contributed by atoms with Gasteiger partial charge in [-0.25, -0.2) is 0 Å². The van der Waals surface area contributed by atoms with E-state index < -0.39 is 5.54 Å². The van der Waals surface area contributed by atoms with Crippen molar-refractivity contribution in [2.75, 3.05) is 5.75 Å². The van der Waals surface area contributed by atoms with E-state index in [1.54, 1.807) is 0 Å². The summed E-state index contributed by atoms with van der Waals surface area (Å²) in [5.74, 6) is 1.05. The second kappa shape index (κ2) is 5.41. The average molecular weight is 244 g/mol. The molecule has 0 heterocycles. The third-order valence-electron chi connectivity index (χ3n) is 2.90. The normalized spacial score (nSPS) is 20.1. The molecular weight excluding hydrogens is 220 g/mol. The number of thioether (sulfide) groups is 1. The van der Waals surface area contributed by atoms with E-state index in [1.165, 1.54) is 0 Å². The van der Waals surface area contributed by atoms with E-state index in [0.717, 1.165) is 18.6 Å². The molecule has 0 aliphatic heterocycles. The summed E-state index contributed by atoms with van der Waals surface area (Å²) in [6, 6.07) is 0.292. The molecule has 16 heavy (non-hydrogen) atoms. The number of hydrogen-bond acceptors (Lipinski definition) is 3. The first-order valence-electron chi connectivity index (χ1n) is 6.07. The molecule has 0 aromatic rings. The van der Waals surface area contributed by atoms with Crippen LogP contribution in [0.3, 0.4) is 0 Å². The molecular formula is C12H24N2OS. The molecule has 3 N–H and O–H groups in total. The molecule has 0 radical (unpaired) electrons. The maximum atomic E-state index is 11.8. The van der Waals surface area contributed by atoms with E-state index in [1.807, 2.05) is 11.8 Å². The van der Waals surface area contributed by atoms with E-state index in [2.05, 4.69) is 33.0 Å². The molecule has 1 amide bonds. The summed E-state index contributed by atoms with van der Waals surface area (Å²) >= 11 is 1.81. The van der Waals surface area contributed by atoms with Crippen LogP contribution in [-0.4, -0.2) is 28.5 Å². The molecule has 0 saturated heterocycles. The van der Waals surface area contributed by atoms with Gasteiger partial charge in [-0.3, -0.25) is 4.79 Å². The molecule has 1 aliphatic carbocycles. The molecule has 94 valence electrons. The van der Waals surface area contributed by atoms with Gasteiger partial charge in [-0.2, -0.15) is 11.8 Å². The fraction of sp³-hybridized carbons (Fsp3) is 0.917. The predicted octanol–water partition coefficient (Wildman–Crippen LogP) is 1.76. The Labute approximate surface area is 103 Å². The number of primary amides is 1. The van der Waals surface area contributed by atoms with E-state index in [9.17, 15) is 4.79 Å². The van der Waals surface area contributed by atoms with Gasteiger partial charge in [-0.1, -0.05) is 13.8 Å². The van der Waals surface area contributed by atoms with Gasteiger partial charge in [0.25, 0.3) is 0 Å². The lowest BCUT2D eigenvalue weighted by Crippen LogP contribution is -2.61. The molecule has 4 heteroatoms. The molecule has 1 aliphatic rings. The molecule has 0 aromatic carbocycles. The molecule has 0 spiro atoms. The monoisotopic (exact) mass is 244 g/mol. The van der Waals surface area contributed by atoms with Crippen LogP contribution in [0.1, 0.15) is 40.5 Å². The van der Waals surface area contributed by atoms with Gasteiger partial charge in [0.15, 0.2) is 0 Å². The Bertz CT molecular complexity index is 251. The molecule has 0 bridgehead atoms. The summed E-state index contributed by atoms with van der Waals surface area (Å²) in [7, 11) is 0. The van der Waals surface area contributed by atoms with Crippen LogP contribution in [0.25, 0.3) is 0 Å². The van der Waals surface area contributed by atoms with Crippen LogP contribution in [0, 0.1) is 5.92 Å². The van der Waals surface area contributed by atoms with Gasteiger partial charge in [-0.05, 0) is 37.9 Å². The minimum atomic E-state index is -0.483. The highest BCUT2D eigenvalue weighted by atomic mass is 32.2. The number of carbonyl (C=O) groups is 1. The van der Waals surface area contributed by atoms with Gasteiger partial charge in [0.2, 0.25) is 5.91 Å². The number of amides is 1. The van der Waals surface area contributed by atoms with Crippen molar-refractivity contribution < 1.29 is 4.79 Å². The summed E-state index contributed by atoms with van der Waals surface area (Å²) < 4.78 is 0. The Hall–Kier alpha value is -0.220. The molecule has 3 nitrogen and oxygen atoms in total. The second-order valence-corrected chi connectivity index (χ2v) is 6.83. The lowest BCUT2D eigenvalue weighted by atomic mass is 9.93. The first-order valence-corrected chi connectivity index (χ1v) is 7.12. The lowest BCUT2D eigenvalue weighted by molar-refractivity contribution is -0.124. The fourth-order valence-electron chi connectivity index (χ4n) is 2.01. The zero-order valence-corrected chi connectivity index (χ0v) is 11.6. The Morgan fingerprint density at radius 1 is 1.44 bits per heavy atom. The summed E-state index contributed by atoms with van der Waals surface area (Å²) in [4.78, 5) is 11.8. The lowest BCUT2D eigenvalue weighted by Gasteiger charge is -2.34. The quantitative estimate of drug-likeness (QED) is 0.717. The van der Waals surface area contributed by atoms with Crippen molar-refractivity contribution in [3.63, 3.8) is 0 Å². The zero-order chi connectivity index (χ0) is 12.3. The first-order chi connectivity index (χ1) is 7.38. The summed E-state index contributed by atoms with van der Waals surface area (Å²) in [6.45, 7) is 8.44. The maximum absolute atomic E-state index is 11.8. The van der Waals surface area contributed by atoms with Crippen LogP contribution in [0.5, 0.6) is 0 Å². The van der Waals surface area contributed by atoms with Crippen molar-refractivity contribution in [1.82, 2.24) is 5.32 Å². The van der Waals surface area contributed by atoms with E-state index in [-0.39, 0.29) is 5.91 Å². The summed E-state index contributed by atoms with van der Waals surface area (Å²) in [5.41, 5.74) is 5.15. The Morgan fingerprint density at radius 3 is 2.31 bits per heavy atom. The minimum absolute atomic E-state index is 0.183. The molecule has 1 rings (SSSR count). The highest BCUT2D eigenvalue weighted by Crippen LogP contribution is 2.42. The van der Waals surface area contributed by atoms with Gasteiger partial charge in [0.05, 0.1) is 0 Å². The van der Waals surface area contributed by atoms with Gasteiger partial charge in [0.1, 0.15) is 5.54 Å². The average Bonchev–Trinajstić information content (AvgIpc) is 2.94. The van der Waals surface area contributed by atoms with E-state index >= 15 is 0 Å². The van der Waals surface area contributed by atoms with Crippen molar-refractivity contribution in [3.8, 4) is 0 Å². The summed E-state index contributed by atoms with van der Waals surface area (Å²) in [6.07, 6.45) is 2.25. The van der Waals surface area contributed by atoms with Crippen molar-refractivity contribution in [3.05, 3.63) is 0 Å². The van der Waals surface area contributed by atoms with Crippen LogP contribution in [0.15, 0.2) is 0 Å². The van der Waals surface area contributed by atoms with Crippen molar-refractivity contribution in [2.45, 2.75) is 57.4 Å². The number of hydrogen-bond donors (Lipinski definition) is 2. The van der Waals surface area contributed by atoms with Gasteiger partial charge >= 0.3 is 0 Å². The number of rotatable bonds is 7.